The summed E-state index contributed by atoms with van der Waals surface area (Å²) in [6.45, 7) is -0.151. The van der Waals surface area contributed by atoms with Crippen LogP contribution < -0.4 is 15.4 Å². The van der Waals surface area contributed by atoms with Gasteiger partial charge >= 0.3 is 0 Å². The molecule has 1 atom stereocenters. The van der Waals surface area contributed by atoms with Gasteiger partial charge in [-0.1, -0.05) is 24.3 Å². The predicted molar refractivity (Wildman–Crippen MR) is 119 cm³/mol. The summed E-state index contributed by atoms with van der Waals surface area (Å²) in [5.74, 6) is 0.735. The maximum atomic E-state index is 12.8. The van der Waals surface area contributed by atoms with E-state index in [4.69, 9.17) is 4.74 Å². The fraction of sp³-hybridized carbons (Fsp3) is 0.227. The van der Waals surface area contributed by atoms with Crippen molar-refractivity contribution >= 4 is 29.3 Å². The molecule has 0 radical (unpaired) electrons. The van der Waals surface area contributed by atoms with Crippen molar-refractivity contribution < 1.29 is 14.3 Å². The van der Waals surface area contributed by atoms with Gasteiger partial charge in [0, 0.05) is 18.1 Å². The van der Waals surface area contributed by atoms with E-state index in [-0.39, 0.29) is 18.4 Å². The van der Waals surface area contributed by atoms with E-state index in [1.165, 1.54) is 0 Å². The predicted octanol–water partition coefficient (Wildman–Crippen LogP) is 3.13. The number of anilines is 1. The van der Waals surface area contributed by atoms with Crippen LogP contribution in [0.3, 0.4) is 0 Å². The van der Waals surface area contributed by atoms with Crippen LogP contribution in [0.4, 0.5) is 5.69 Å². The van der Waals surface area contributed by atoms with Crippen molar-refractivity contribution in [2.45, 2.75) is 12.5 Å². The van der Waals surface area contributed by atoms with Gasteiger partial charge in [0.25, 0.3) is 5.91 Å². The minimum Gasteiger partial charge on any atom is -0.484 e. The van der Waals surface area contributed by atoms with E-state index in [2.05, 4.69) is 15.7 Å². The Labute approximate surface area is 179 Å². The first-order valence-electron chi connectivity index (χ1n) is 9.53. The highest BCUT2D eigenvalue weighted by Gasteiger charge is 2.21. The third kappa shape index (κ3) is 6.38. The van der Waals surface area contributed by atoms with Gasteiger partial charge in [-0.2, -0.15) is 16.9 Å². The Morgan fingerprint density at radius 2 is 1.97 bits per heavy atom. The number of hydrogen-bond donors (Lipinski definition) is 2. The number of thioether (sulfide) groups is 1. The lowest BCUT2D eigenvalue weighted by molar-refractivity contribution is -0.127. The second-order valence-electron chi connectivity index (χ2n) is 6.49. The molecular weight excluding hydrogens is 400 g/mol. The van der Waals surface area contributed by atoms with Crippen LogP contribution in [-0.2, 0) is 9.59 Å². The summed E-state index contributed by atoms with van der Waals surface area (Å²) in [5, 5.41) is 9.86. The third-order valence-corrected chi connectivity index (χ3v) is 4.90. The van der Waals surface area contributed by atoms with Crippen LogP contribution in [0.25, 0.3) is 5.69 Å². The van der Waals surface area contributed by atoms with Crippen molar-refractivity contribution in [1.82, 2.24) is 15.1 Å². The Hall–Kier alpha value is -3.26. The normalized spacial score (nSPS) is 11.5. The average Bonchev–Trinajstić information content (AvgIpc) is 3.31. The molecule has 0 saturated heterocycles. The second kappa shape index (κ2) is 11.1. The molecule has 7 nitrogen and oxygen atoms in total. The number of para-hydroxylation sites is 1. The number of hydrogen-bond acceptors (Lipinski definition) is 5. The van der Waals surface area contributed by atoms with Gasteiger partial charge in [-0.25, -0.2) is 4.68 Å². The molecule has 3 rings (SSSR count). The second-order valence-corrected chi connectivity index (χ2v) is 7.48. The van der Waals surface area contributed by atoms with Crippen LogP contribution >= 0.6 is 11.8 Å². The molecule has 0 aliphatic rings. The van der Waals surface area contributed by atoms with Gasteiger partial charge < -0.3 is 15.4 Å². The molecule has 0 aliphatic carbocycles. The van der Waals surface area contributed by atoms with E-state index in [1.54, 1.807) is 40.8 Å². The molecule has 0 bridgehead atoms. The van der Waals surface area contributed by atoms with Crippen molar-refractivity contribution in [3.63, 3.8) is 0 Å². The van der Waals surface area contributed by atoms with Crippen molar-refractivity contribution in [3.8, 4) is 11.4 Å². The molecule has 1 aromatic heterocycles. The lowest BCUT2D eigenvalue weighted by atomic mass is 10.2. The fourth-order valence-corrected chi connectivity index (χ4v) is 3.25. The van der Waals surface area contributed by atoms with Gasteiger partial charge in [0.1, 0.15) is 11.8 Å². The van der Waals surface area contributed by atoms with E-state index in [1.807, 2.05) is 54.9 Å². The molecule has 0 spiro atoms. The van der Waals surface area contributed by atoms with Crippen LogP contribution in [0.2, 0.25) is 0 Å². The molecule has 156 valence electrons. The number of carbonyl (C=O) groups is 2. The van der Waals surface area contributed by atoms with Gasteiger partial charge in [0.15, 0.2) is 6.61 Å². The van der Waals surface area contributed by atoms with Crippen molar-refractivity contribution in [2.24, 2.45) is 0 Å². The highest BCUT2D eigenvalue weighted by Crippen LogP contribution is 2.15. The van der Waals surface area contributed by atoms with Gasteiger partial charge in [0.05, 0.1) is 5.69 Å². The molecule has 30 heavy (non-hydrogen) atoms. The Kier molecular flexibility index (Phi) is 7.91. The molecule has 0 saturated carbocycles. The number of nitrogens with zero attached hydrogens (tertiary/aromatic N) is 2. The molecular formula is C22H24N4O3S. The average molecular weight is 425 g/mol. The third-order valence-electron chi connectivity index (χ3n) is 4.26. The fourth-order valence-electron chi connectivity index (χ4n) is 2.78. The zero-order valence-corrected chi connectivity index (χ0v) is 17.5. The first-order chi connectivity index (χ1) is 14.7. The van der Waals surface area contributed by atoms with Crippen LogP contribution in [0, 0.1) is 0 Å². The SMILES string of the molecule is CSCCC(NC(=O)COc1ccccc1)C(=O)Nc1cccc(-n2cccn2)c1. The quantitative estimate of drug-likeness (QED) is 0.522. The summed E-state index contributed by atoms with van der Waals surface area (Å²) in [5.41, 5.74) is 1.47. The molecule has 0 fully saturated rings. The lowest BCUT2D eigenvalue weighted by Crippen LogP contribution is -2.45. The standard InChI is InChI=1S/C22H24N4O3S/c1-30-14-11-20(25-21(27)16-29-19-9-3-2-4-10-19)22(28)24-17-7-5-8-18(15-17)26-13-6-12-23-26/h2-10,12-13,15,20H,11,14,16H2,1H3,(H,24,28)(H,25,27). The van der Waals surface area contributed by atoms with Crippen molar-refractivity contribution in [1.29, 1.82) is 0 Å². The summed E-state index contributed by atoms with van der Waals surface area (Å²) >= 11 is 1.62. The number of benzene rings is 2. The lowest BCUT2D eigenvalue weighted by Gasteiger charge is -2.18. The molecule has 3 aromatic rings. The minimum absolute atomic E-state index is 0.151. The number of nitrogens with one attached hydrogen (secondary N) is 2. The number of carbonyl (C=O) groups excluding carboxylic acids is 2. The summed E-state index contributed by atoms with van der Waals surface area (Å²) in [7, 11) is 0. The van der Waals surface area contributed by atoms with Crippen LogP contribution in [0.5, 0.6) is 5.75 Å². The Balaban J connectivity index is 1.60. The minimum atomic E-state index is -0.655. The number of amides is 2. The Morgan fingerprint density at radius 1 is 1.13 bits per heavy atom. The Morgan fingerprint density at radius 3 is 2.70 bits per heavy atom. The van der Waals surface area contributed by atoms with Crippen LogP contribution in [0.1, 0.15) is 6.42 Å². The summed E-state index contributed by atoms with van der Waals surface area (Å²) in [6.07, 6.45) is 6.00. The number of aromatic nitrogens is 2. The van der Waals surface area contributed by atoms with Gasteiger partial charge in [-0.05, 0) is 54.8 Å². The molecule has 8 heteroatoms. The summed E-state index contributed by atoms with van der Waals surface area (Å²) in [4.78, 5) is 25.1. The van der Waals surface area contributed by atoms with E-state index in [0.717, 1.165) is 11.4 Å². The topological polar surface area (TPSA) is 85.2 Å². The molecule has 2 N–H and O–H groups in total. The zero-order chi connectivity index (χ0) is 21.2. The Bertz CT molecular complexity index is 948. The summed E-state index contributed by atoms with van der Waals surface area (Å²) in [6, 6.07) is 17.6. The molecule has 2 amide bonds. The molecule has 1 heterocycles. The van der Waals surface area contributed by atoms with E-state index < -0.39 is 6.04 Å². The molecule has 2 aromatic carbocycles. The maximum absolute atomic E-state index is 12.8. The van der Waals surface area contributed by atoms with Crippen molar-refractivity contribution in [2.75, 3.05) is 23.9 Å². The summed E-state index contributed by atoms with van der Waals surface area (Å²) < 4.78 is 7.18. The van der Waals surface area contributed by atoms with E-state index >= 15 is 0 Å². The zero-order valence-electron chi connectivity index (χ0n) is 16.7. The monoisotopic (exact) mass is 424 g/mol. The highest BCUT2D eigenvalue weighted by atomic mass is 32.2. The number of ether oxygens (including phenoxy) is 1. The molecule has 1 unspecified atom stereocenters. The maximum Gasteiger partial charge on any atom is 0.258 e. The first-order valence-corrected chi connectivity index (χ1v) is 10.9. The van der Waals surface area contributed by atoms with Crippen LogP contribution in [0.15, 0.2) is 73.1 Å². The van der Waals surface area contributed by atoms with Crippen LogP contribution in [-0.4, -0.2) is 46.3 Å². The van der Waals surface area contributed by atoms with Gasteiger partial charge in [-0.3, -0.25) is 9.59 Å². The molecule has 0 aliphatic heterocycles. The van der Waals surface area contributed by atoms with E-state index in [9.17, 15) is 9.59 Å². The van der Waals surface area contributed by atoms with Crippen molar-refractivity contribution in [3.05, 3.63) is 73.1 Å². The van der Waals surface area contributed by atoms with Gasteiger partial charge in [-0.15, -0.1) is 0 Å². The smallest absolute Gasteiger partial charge is 0.258 e. The first kappa shape index (κ1) is 21.4. The van der Waals surface area contributed by atoms with E-state index in [0.29, 0.717) is 17.9 Å². The number of rotatable bonds is 10. The largest absolute Gasteiger partial charge is 0.484 e. The van der Waals surface area contributed by atoms with Gasteiger partial charge in [0.2, 0.25) is 5.91 Å². The highest BCUT2D eigenvalue weighted by molar-refractivity contribution is 7.98.